The van der Waals surface area contributed by atoms with Crippen LogP contribution in [-0.4, -0.2) is 42.0 Å². The molecule has 0 fully saturated rings. The second-order valence-corrected chi connectivity index (χ2v) is 1.50. The van der Waals surface area contributed by atoms with E-state index >= 15 is 0 Å². The molecule has 8 heavy (non-hydrogen) atoms. The van der Waals surface area contributed by atoms with Crippen LogP contribution in [0.1, 0.15) is 0 Å². The van der Waals surface area contributed by atoms with Gasteiger partial charge < -0.3 is 33.7 Å². The fraction of sp³-hybridized carbons (Fsp3) is 0. The first-order chi connectivity index (χ1) is 2.00. The maximum atomic E-state index is 8.58. The molecule has 0 aliphatic heterocycles. The fourth-order valence-electron chi connectivity index (χ4n) is 0. The van der Waals surface area contributed by atoms with E-state index in [2.05, 4.69) is 0 Å². The van der Waals surface area contributed by atoms with Gasteiger partial charge in [-0.2, -0.15) is 0 Å². The second-order valence-electron chi connectivity index (χ2n) is 0.500. The normalized spacial score (nSPS) is 7.50. The van der Waals surface area contributed by atoms with Crippen molar-refractivity contribution in [2.45, 2.75) is 0 Å². The summed E-state index contributed by atoms with van der Waals surface area (Å²) in [6.45, 7) is 0. The van der Waals surface area contributed by atoms with Gasteiger partial charge in [0, 0.05) is 0 Å². The van der Waals surface area contributed by atoms with Crippen LogP contribution < -0.4 is 19.2 Å². The first kappa shape index (κ1) is 23.3. The average molecular weight is 145 g/mol. The van der Waals surface area contributed by atoms with E-state index in [0.29, 0.717) is 0 Å². The van der Waals surface area contributed by atoms with Crippen molar-refractivity contribution in [2.24, 2.45) is 0 Å². The minimum absolute atomic E-state index is 0. The molecule has 0 amide bonds. The molecular weight excluding hydrogens is 144 g/mol. The number of rotatable bonds is 0. The van der Waals surface area contributed by atoms with Gasteiger partial charge in [-0.25, -0.2) is 0 Å². The van der Waals surface area contributed by atoms with Gasteiger partial charge in [-0.15, -0.1) is 0 Å². The maximum absolute atomic E-state index is 8.58. The molecule has 0 rings (SSSR count). The van der Waals surface area contributed by atoms with Crippen LogP contribution in [0.5, 0.6) is 0 Å². The van der Waals surface area contributed by atoms with E-state index in [0.717, 1.165) is 0 Å². The van der Waals surface area contributed by atoms with Crippen LogP contribution in [0.3, 0.4) is 0 Å². The number of hydrogen-bond donors (Lipinski definition) is 0. The molecule has 0 heterocycles. The Balaban J connectivity index is -0.0000000267. The number of hydrogen-bond acceptors (Lipinski definition) is 5. The van der Waals surface area contributed by atoms with Crippen LogP contribution in [0.15, 0.2) is 0 Å². The molecule has 0 saturated carbocycles. The monoisotopic (exact) mass is 145 g/mol. The molecule has 0 unspecified atom stereocenters. The Hall–Kier alpha value is 0.718. The van der Waals surface area contributed by atoms with Crippen molar-refractivity contribution in [2.75, 3.05) is 0 Å². The summed E-state index contributed by atoms with van der Waals surface area (Å²) >= 11 is 0. The van der Waals surface area contributed by atoms with Crippen LogP contribution in [0.25, 0.3) is 0 Å². The predicted molar refractivity (Wildman–Crippen MR) is 19.2 cm³/mol. The molecule has 0 radical (unpaired) electrons. The Morgan fingerprint density at radius 2 is 0.875 bits per heavy atom. The summed E-state index contributed by atoms with van der Waals surface area (Å²) in [5.41, 5.74) is 0. The molecule has 0 aliphatic rings. The van der Waals surface area contributed by atoms with Crippen molar-refractivity contribution in [3.63, 3.8) is 0 Å². The van der Waals surface area contributed by atoms with E-state index in [9.17, 15) is 0 Å². The molecule has 5 nitrogen and oxygen atoms in total. The molecule has 40 valence electrons. The van der Waals surface area contributed by atoms with E-state index < -0.39 is 9.05 Å². The molecule has 0 aromatic heterocycles. The van der Waals surface area contributed by atoms with Crippen LogP contribution in [-0.2, 0) is 0 Å². The first-order valence-electron chi connectivity index (χ1n) is 0.816. The molecule has 0 atom stereocenters. The Labute approximate surface area is 61.7 Å². The zero-order chi connectivity index (χ0) is 4.50. The van der Waals surface area contributed by atoms with Gasteiger partial charge in [-0.3, -0.25) is 0 Å². The quantitative estimate of drug-likeness (QED) is 0.314. The topological polar surface area (TPSA) is 122 Å². The zero-order valence-corrected chi connectivity index (χ0v) is 6.02. The van der Waals surface area contributed by atoms with Gasteiger partial charge in [0.2, 0.25) is 0 Å². The SMILES string of the molecule is [Al+3].[Be+2].[O-][Si]([O-])([O-])[O-].[OH-]. The standard InChI is InChI=1S/Al.Be.O4Si.H2O/c;;1-5(2,3)4;/h;;;1H2/q+3;+2;-4;/p-1. The zero-order valence-electron chi connectivity index (χ0n) is 3.86. The Kier molecular flexibility index (Phi) is 22.5. The third-order valence-corrected chi connectivity index (χ3v) is 0. The van der Waals surface area contributed by atoms with Crippen LogP contribution in [0.2, 0.25) is 0 Å². The van der Waals surface area contributed by atoms with Crippen molar-refractivity contribution in [3.8, 4) is 0 Å². The van der Waals surface area contributed by atoms with E-state index in [1.165, 1.54) is 0 Å². The first-order valence-corrected chi connectivity index (χ1v) is 2.45. The molecule has 0 aromatic carbocycles. The minimum atomic E-state index is -5.61. The van der Waals surface area contributed by atoms with Crippen molar-refractivity contribution in [1.82, 2.24) is 0 Å². The summed E-state index contributed by atoms with van der Waals surface area (Å²) in [6.07, 6.45) is 0. The Bertz CT molecular complexity index is 27.9. The van der Waals surface area contributed by atoms with Gasteiger partial charge in [-0.1, -0.05) is 0 Å². The van der Waals surface area contributed by atoms with Gasteiger partial charge >= 0.3 is 27.5 Å². The summed E-state index contributed by atoms with van der Waals surface area (Å²) in [5, 5.41) is 0. The van der Waals surface area contributed by atoms with Crippen molar-refractivity contribution in [1.29, 1.82) is 0 Å². The molecule has 8 heteroatoms. The molecule has 0 bridgehead atoms. The van der Waals surface area contributed by atoms with Gasteiger partial charge in [0.25, 0.3) is 0 Å². The third-order valence-electron chi connectivity index (χ3n) is 0. The van der Waals surface area contributed by atoms with Crippen molar-refractivity contribution >= 4 is 36.5 Å². The summed E-state index contributed by atoms with van der Waals surface area (Å²) < 4.78 is 0. The van der Waals surface area contributed by atoms with Crippen LogP contribution in [0, 0.1) is 0 Å². The summed E-state index contributed by atoms with van der Waals surface area (Å²) in [7, 11) is -5.61. The third kappa shape index (κ3) is 426. The minimum Gasteiger partial charge on any atom is -0.894 e. The maximum Gasteiger partial charge on any atom is 3.00 e. The fourth-order valence-corrected chi connectivity index (χ4v) is 0. The van der Waals surface area contributed by atoms with E-state index in [1.54, 1.807) is 0 Å². The largest absolute Gasteiger partial charge is 3.00 e. The van der Waals surface area contributed by atoms with Gasteiger partial charge in [0.1, 0.15) is 0 Å². The molecule has 1 N–H and O–H groups in total. The molecule has 0 saturated heterocycles. The summed E-state index contributed by atoms with van der Waals surface area (Å²) in [4.78, 5) is 34.3. The smallest absolute Gasteiger partial charge is 0.894 e. The second kappa shape index (κ2) is 7.72. The van der Waals surface area contributed by atoms with E-state index in [1.807, 2.05) is 0 Å². The van der Waals surface area contributed by atoms with E-state index in [-0.39, 0.29) is 33.0 Å². The van der Waals surface area contributed by atoms with Gasteiger partial charge in [-0.05, 0) is 0 Å². The van der Waals surface area contributed by atoms with Crippen molar-refractivity contribution < 1.29 is 24.7 Å². The van der Waals surface area contributed by atoms with E-state index in [4.69, 9.17) is 19.2 Å². The summed E-state index contributed by atoms with van der Waals surface area (Å²) in [5.74, 6) is 0. The Morgan fingerprint density at radius 1 is 0.875 bits per heavy atom. The van der Waals surface area contributed by atoms with Gasteiger partial charge in [0.15, 0.2) is 0 Å². The molecule has 0 aromatic rings. The molecule has 0 aliphatic carbocycles. The van der Waals surface area contributed by atoms with Crippen molar-refractivity contribution in [3.05, 3.63) is 0 Å². The predicted octanol–water partition coefficient (Wildman–Crippen LogP) is -6.08. The van der Waals surface area contributed by atoms with Gasteiger partial charge in [0.05, 0.1) is 0 Å². The molecule has 0 spiro atoms. The molecular formula is HAlBeO5Si. The van der Waals surface area contributed by atoms with Crippen LogP contribution in [0.4, 0.5) is 0 Å². The van der Waals surface area contributed by atoms with Crippen LogP contribution >= 0.6 is 0 Å². The Morgan fingerprint density at radius 3 is 0.875 bits per heavy atom. The summed E-state index contributed by atoms with van der Waals surface area (Å²) in [6, 6.07) is 0. The average Bonchev–Trinajstić information content (AvgIpc) is 0.722.